The summed E-state index contributed by atoms with van der Waals surface area (Å²) in [6.45, 7) is 5.78. The van der Waals surface area contributed by atoms with Gasteiger partial charge in [0.2, 0.25) is 5.92 Å². The van der Waals surface area contributed by atoms with E-state index in [4.69, 9.17) is 4.74 Å². The summed E-state index contributed by atoms with van der Waals surface area (Å²) >= 11 is 0. The van der Waals surface area contributed by atoms with Crippen molar-refractivity contribution in [2.24, 2.45) is 5.92 Å². The molecular formula is C12H21F2NO2. The largest absolute Gasteiger partial charge is 0.444 e. The second-order valence-electron chi connectivity index (χ2n) is 5.68. The van der Waals surface area contributed by atoms with E-state index in [9.17, 15) is 13.6 Å². The Morgan fingerprint density at radius 1 is 1.35 bits per heavy atom. The zero-order chi connectivity index (χ0) is 13.1. The van der Waals surface area contributed by atoms with Crippen LogP contribution in [0.25, 0.3) is 0 Å². The van der Waals surface area contributed by atoms with Gasteiger partial charge in [0.25, 0.3) is 0 Å². The highest BCUT2D eigenvalue weighted by Gasteiger charge is 2.34. The summed E-state index contributed by atoms with van der Waals surface area (Å²) in [5, 5.41) is 2.63. The van der Waals surface area contributed by atoms with Gasteiger partial charge < -0.3 is 10.1 Å². The Morgan fingerprint density at radius 2 is 1.88 bits per heavy atom. The van der Waals surface area contributed by atoms with Gasteiger partial charge in [0.05, 0.1) is 0 Å². The lowest BCUT2D eigenvalue weighted by Crippen LogP contribution is -2.37. The molecule has 0 atom stereocenters. The molecular weight excluding hydrogens is 228 g/mol. The summed E-state index contributed by atoms with van der Waals surface area (Å²) in [6, 6.07) is 0. The molecule has 1 saturated carbocycles. The minimum atomic E-state index is -2.51. The first-order chi connectivity index (χ1) is 7.68. The van der Waals surface area contributed by atoms with Crippen molar-refractivity contribution >= 4 is 6.09 Å². The van der Waals surface area contributed by atoms with Crippen LogP contribution < -0.4 is 5.32 Å². The normalized spacial score (nSPS) is 21.0. The predicted molar refractivity (Wildman–Crippen MR) is 61.1 cm³/mol. The second-order valence-corrected chi connectivity index (χ2v) is 5.68. The number of halogens is 2. The molecule has 0 spiro atoms. The maximum Gasteiger partial charge on any atom is 0.407 e. The Hall–Kier alpha value is -0.870. The fraction of sp³-hybridized carbons (Fsp3) is 0.917. The Balaban J connectivity index is 2.22. The quantitative estimate of drug-likeness (QED) is 0.815. The van der Waals surface area contributed by atoms with Crippen LogP contribution in [0.15, 0.2) is 0 Å². The van der Waals surface area contributed by atoms with Gasteiger partial charge in [-0.1, -0.05) is 0 Å². The molecule has 0 unspecified atom stereocenters. The third-order valence-corrected chi connectivity index (χ3v) is 2.77. The van der Waals surface area contributed by atoms with Crippen LogP contribution in [0.3, 0.4) is 0 Å². The molecule has 0 aromatic carbocycles. The van der Waals surface area contributed by atoms with Gasteiger partial charge in [-0.15, -0.1) is 0 Å². The Labute approximate surface area is 101 Å². The van der Waals surface area contributed by atoms with E-state index in [-0.39, 0.29) is 18.8 Å². The molecule has 0 aliphatic heterocycles. The van der Waals surface area contributed by atoms with Crippen molar-refractivity contribution < 1.29 is 18.3 Å². The summed E-state index contributed by atoms with van der Waals surface area (Å²) in [5.74, 6) is -2.37. The zero-order valence-electron chi connectivity index (χ0n) is 10.7. The molecule has 1 aliphatic rings. The maximum absolute atomic E-state index is 12.9. The van der Waals surface area contributed by atoms with Gasteiger partial charge >= 0.3 is 6.09 Å². The SMILES string of the molecule is CC(C)(C)OC(=O)NCC1CCC(F)(F)CC1. The third-order valence-electron chi connectivity index (χ3n) is 2.77. The number of carbonyl (C=O) groups excluding carboxylic acids is 1. The van der Waals surface area contributed by atoms with Crippen LogP contribution in [0.4, 0.5) is 13.6 Å². The number of hydrogen-bond donors (Lipinski definition) is 1. The Bertz CT molecular complexity index is 264. The molecule has 1 N–H and O–H groups in total. The summed E-state index contributed by atoms with van der Waals surface area (Å²) in [7, 11) is 0. The lowest BCUT2D eigenvalue weighted by atomic mass is 9.87. The molecule has 17 heavy (non-hydrogen) atoms. The van der Waals surface area contributed by atoms with Crippen molar-refractivity contribution in [2.45, 2.75) is 58.0 Å². The van der Waals surface area contributed by atoms with Crippen LogP contribution in [0.1, 0.15) is 46.5 Å². The van der Waals surface area contributed by atoms with Gasteiger partial charge in [0, 0.05) is 19.4 Å². The van der Waals surface area contributed by atoms with Crippen molar-refractivity contribution in [3.8, 4) is 0 Å². The zero-order valence-corrected chi connectivity index (χ0v) is 10.7. The number of alkyl carbamates (subject to hydrolysis) is 1. The highest BCUT2D eigenvalue weighted by molar-refractivity contribution is 5.67. The average Bonchev–Trinajstić information content (AvgIpc) is 2.13. The van der Waals surface area contributed by atoms with Crippen LogP contribution in [0.5, 0.6) is 0 Å². The fourth-order valence-electron chi connectivity index (χ4n) is 1.85. The monoisotopic (exact) mass is 249 g/mol. The molecule has 0 saturated heterocycles. The molecule has 0 aromatic heterocycles. The number of amides is 1. The molecule has 1 rings (SSSR count). The van der Waals surface area contributed by atoms with Gasteiger partial charge in [-0.3, -0.25) is 0 Å². The standard InChI is InChI=1S/C12H21F2NO2/c1-11(2,3)17-10(16)15-8-9-4-6-12(13,14)7-5-9/h9H,4-8H2,1-3H3,(H,15,16). The topological polar surface area (TPSA) is 38.3 Å². The highest BCUT2D eigenvalue weighted by atomic mass is 19.3. The van der Waals surface area contributed by atoms with Crippen LogP contribution >= 0.6 is 0 Å². The van der Waals surface area contributed by atoms with Crippen LogP contribution in [-0.4, -0.2) is 24.2 Å². The van der Waals surface area contributed by atoms with Crippen molar-refractivity contribution in [2.75, 3.05) is 6.54 Å². The molecule has 3 nitrogen and oxygen atoms in total. The van der Waals surface area contributed by atoms with Gasteiger partial charge in [-0.05, 0) is 39.5 Å². The predicted octanol–water partition coefficient (Wildman–Crippen LogP) is 3.34. The first-order valence-electron chi connectivity index (χ1n) is 6.03. The van der Waals surface area contributed by atoms with E-state index in [1.54, 1.807) is 20.8 Å². The van der Waals surface area contributed by atoms with E-state index in [0.717, 1.165) is 0 Å². The van der Waals surface area contributed by atoms with Crippen molar-refractivity contribution in [1.82, 2.24) is 5.32 Å². The van der Waals surface area contributed by atoms with E-state index in [1.165, 1.54) is 0 Å². The van der Waals surface area contributed by atoms with E-state index >= 15 is 0 Å². The van der Waals surface area contributed by atoms with Gasteiger partial charge in [0.15, 0.2) is 0 Å². The van der Waals surface area contributed by atoms with Crippen molar-refractivity contribution in [3.63, 3.8) is 0 Å². The summed E-state index contributed by atoms with van der Waals surface area (Å²) in [4.78, 5) is 11.3. The molecule has 5 heteroatoms. The minimum absolute atomic E-state index is 0.0757. The number of nitrogens with one attached hydrogen (secondary N) is 1. The van der Waals surface area contributed by atoms with E-state index < -0.39 is 17.6 Å². The van der Waals surface area contributed by atoms with Gasteiger partial charge in [-0.2, -0.15) is 0 Å². The van der Waals surface area contributed by atoms with Gasteiger partial charge in [0.1, 0.15) is 5.60 Å². The first-order valence-corrected chi connectivity index (χ1v) is 6.03. The molecule has 1 aliphatic carbocycles. The van der Waals surface area contributed by atoms with Crippen LogP contribution in [0, 0.1) is 5.92 Å². The maximum atomic E-state index is 12.9. The Kier molecular flexibility index (Phi) is 4.33. The number of ether oxygens (including phenoxy) is 1. The number of alkyl halides is 2. The lowest BCUT2D eigenvalue weighted by molar-refractivity contribution is -0.0455. The van der Waals surface area contributed by atoms with E-state index in [0.29, 0.717) is 19.4 Å². The minimum Gasteiger partial charge on any atom is -0.444 e. The van der Waals surface area contributed by atoms with Crippen molar-refractivity contribution in [3.05, 3.63) is 0 Å². The molecule has 0 radical (unpaired) electrons. The summed E-state index contributed by atoms with van der Waals surface area (Å²) in [5.41, 5.74) is -0.524. The number of hydrogen-bond acceptors (Lipinski definition) is 2. The molecule has 100 valence electrons. The number of rotatable bonds is 2. The van der Waals surface area contributed by atoms with Crippen molar-refractivity contribution in [1.29, 1.82) is 0 Å². The smallest absolute Gasteiger partial charge is 0.407 e. The summed E-state index contributed by atoms with van der Waals surface area (Å²) < 4.78 is 30.8. The Morgan fingerprint density at radius 3 is 2.35 bits per heavy atom. The first kappa shape index (κ1) is 14.2. The average molecular weight is 249 g/mol. The fourth-order valence-corrected chi connectivity index (χ4v) is 1.85. The molecule has 0 aromatic rings. The molecule has 1 amide bonds. The second kappa shape index (κ2) is 5.19. The number of carbonyl (C=O) groups is 1. The lowest BCUT2D eigenvalue weighted by Gasteiger charge is -2.28. The highest BCUT2D eigenvalue weighted by Crippen LogP contribution is 2.35. The van der Waals surface area contributed by atoms with E-state index in [1.807, 2.05) is 0 Å². The molecule has 1 fully saturated rings. The summed E-state index contributed by atoms with van der Waals surface area (Å²) in [6.07, 6.45) is 0.294. The molecule has 0 bridgehead atoms. The van der Waals surface area contributed by atoms with Gasteiger partial charge in [-0.25, -0.2) is 13.6 Å². The third kappa shape index (κ3) is 5.84. The van der Waals surface area contributed by atoms with Crippen LogP contribution in [-0.2, 0) is 4.74 Å². The van der Waals surface area contributed by atoms with E-state index in [2.05, 4.69) is 5.32 Å². The van der Waals surface area contributed by atoms with Crippen LogP contribution in [0.2, 0.25) is 0 Å². The molecule has 0 heterocycles.